The highest BCUT2D eigenvalue weighted by Crippen LogP contribution is 2.04. The molecule has 0 aromatic rings. The lowest BCUT2D eigenvalue weighted by molar-refractivity contribution is -0.889. The number of hydrogen-bond acceptors (Lipinski definition) is 3. The summed E-state index contributed by atoms with van der Waals surface area (Å²) in [4.78, 5) is 11.1. The molecule has 0 heterocycles. The van der Waals surface area contributed by atoms with Crippen molar-refractivity contribution in [3.8, 4) is 0 Å². The predicted octanol–water partition coefficient (Wildman–Crippen LogP) is 0.710. The second-order valence-electron chi connectivity index (χ2n) is 4.66. The van der Waals surface area contributed by atoms with E-state index in [-0.39, 0.29) is 11.5 Å². The highest BCUT2D eigenvalue weighted by molar-refractivity contribution is 7.85. The van der Waals surface area contributed by atoms with Crippen molar-refractivity contribution < 1.29 is 22.2 Å². The quantitative estimate of drug-likeness (QED) is 0.510. The number of quaternary nitrogens is 1. The maximum absolute atomic E-state index is 11.1. The molecule has 0 aliphatic carbocycles. The molecule has 0 aliphatic rings. The summed E-state index contributed by atoms with van der Waals surface area (Å²) >= 11 is 0. The Morgan fingerprint density at radius 1 is 1.25 bits per heavy atom. The monoisotopic (exact) mass is 252 g/mol. The molecule has 0 aliphatic heterocycles. The summed E-state index contributed by atoms with van der Waals surface area (Å²) in [5.74, 6) is 0.0112. The van der Waals surface area contributed by atoms with E-state index < -0.39 is 10.1 Å². The molecule has 0 fully saturated rings. The molecule has 0 atom stereocenters. The van der Waals surface area contributed by atoms with E-state index in [9.17, 15) is 13.2 Å². The van der Waals surface area contributed by atoms with E-state index in [4.69, 9.17) is 4.55 Å². The highest BCUT2D eigenvalue weighted by atomic mass is 32.2. The molecule has 0 unspecified atom stereocenters. The van der Waals surface area contributed by atoms with E-state index in [0.717, 1.165) is 0 Å². The fourth-order valence-electron chi connectivity index (χ4n) is 1.39. The smallest absolute Gasteiger partial charge is 0.265 e. The molecule has 0 rings (SSSR count). The number of ketones is 1. The van der Waals surface area contributed by atoms with E-state index in [2.05, 4.69) is 0 Å². The molecule has 16 heavy (non-hydrogen) atoms. The van der Waals surface area contributed by atoms with Gasteiger partial charge in [-0.15, -0.1) is 0 Å². The standard InChI is InChI=1S/C10H21NO4S/c1-4-10(12)6-8-11(2,3)7-5-9-16(13,14)15/h4-9H2,1-3H3/p+1. The van der Waals surface area contributed by atoms with Crippen LogP contribution in [0.1, 0.15) is 26.2 Å². The number of carbonyl (C=O) groups is 1. The third-order valence-corrected chi connectivity index (χ3v) is 3.36. The average molecular weight is 252 g/mol. The van der Waals surface area contributed by atoms with Crippen LogP contribution in [0.15, 0.2) is 0 Å². The van der Waals surface area contributed by atoms with Gasteiger partial charge in [0.15, 0.2) is 0 Å². The Bertz CT molecular complexity index is 322. The van der Waals surface area contributed by atoms with Crippen LogP contribution in [0, 0.1) is 0 Å². The number of Topliss-reactive ketones (excluding diaryl/α,β-unsaturated/α-hetero) is 1. The summed E-state index contributed by atoms with van der Waals surface area (Å²) in [7, 11) is 0.0432. The molecule has 96 valence electrons. The Hall–Kier alpha value is -0.460. The van der Waals surface area contributed by atoms with Crippen LogP contribution in [0.3, 0.4) is 0 Å². The molecule has 5 nitrogen and oxygen atoms in total. The predicted molar refractivity (Wildman–Crippen MR) is 62.8 cm³/mol. The first kappa shape index (κ1) is 15.5. The average Bonchev–Trinajstić information content (AvgIpc) is 2.12. The van der Waals surface area contributed by atoms with E-state index in [1.165, 1.54) is 0 Å². The molecule has 0 amide bonds. The topological polar surface area (TPSA) is 71.4 Å². The SMILES string of the molecule is CCC(=O)CC[N+](C)(C)CCCS(=O)(=O)O. The Balaban J connectivity index is 3.91. The van der Waals surface area contributed by atoms with Crippen LogP contribution in [0.2, 0.25) is 0 Å². The second kappa shape index (κ2) is 6.32. The third-order valence-electron chi connectivity index (χ3n) is 2.56. The van der Waals surface area contributed by atoms with Gasteiger partial charge in [0.25, 0.3) is 10.1 Å². The molecule has 0 aromatic carbocycles. The van der Waals surface area contributed by atoms with Crippen LogP contribution >= 0.6 is 0 Å². The van der Waals surface area contributed by atoms with E-state index in [0.29, 0.717) is 36.8 Å². The van der Waals surface area contributed by atoms with Crippen molar-refractivity contribution in [3.63, 3.8) is 0 Å². The van der Waals surface area contributed by atoms with Crippen LogP contribution in [-0.2, 0) is 14.9 Å². The minimum Gasteiger partial charge on any atom is -0.328 e. The summed E-state index contributed by atoms with van der Waals surface area (Å²) in [5.41, 5.74) is 0. The number of carbonyl (C=O) groups excluding carboxylic acids is 1. The minimum atomic E-state index is -3.86. The van der Waals surface area contributed by atoms with Crippen molar-refractivity contribution in [2.45, 2.75) is 26.2 Å². The first-order valence-corrected chi connectivity index (χ1v) is 7.06. The van der Waals surface area contributed by atoms with Crippen molar-refractivity contribution in [3.05, 3.63) is 0 Å². The van der Waals surface area contributed by atoms with Gasteiger partial charge >= 0.3 is 0 Å². The van der Waals surface area contributed by atoms with Gasteiger partial charge in [0.05, 0.1) is 39.4 Å². The zero-order chi connectivity index (χ0) is 12.8. The molecule has 0 spiro atoms. The van der Waals surface area contributed by atoms with Crippen LogP contribution in [0.4, 0.5) is 0 Å². The zero-order valence-electron chi connectivity index (χ0n) is 10.3. The van der Waals surface area contributed by atoms with E-state index >= 15 is 0 Å². The Kier molecular flexibility index (Phi) is 6.14. The Labute approximate surface area is 97.8 Å². The highest BCUT2D eigenvalue weighted by Gasteiger charge is 2.17. The van der Waals surface area contributed by atoms with Crippen LogP contribution < -0.4 is 0 Å². The number of nitrogens with zero attached hydrogens (tertiary/aromatic N) is 1. The van der Waals surface area contributed by atoms with Gasteiger partial charge < -0.3 is 4.48 Å². The van der Waals surface area contributed by atoms with Gasteiger partial charge in [0.1, 0.15) is 5.78 Å². The van der Waals surface area contributed by atoms with Gasteiger partial charge in [0, 0.05) is 12.8 Å². The Morgan fingerprint density at radius 3 is 2.25 bits per heavy atom. The summed E-state index contributed by atoms with van der Waals surface area (Å²) in [6.45, 7) is 3.18. The lowest BCUT2D eigenvalue weighted by Gasteiger charge is -2.29. The Morgan fingerprint density at radius 2 is 1.81 bits per heavy atom. The lowest BCUT2D eigenvalue weighted by atomic mass is 10.2. The van der Waals surface area contributed by atoms with Gasteiger partial charge in [-0.1, -0.05) is 6.92 Å². The van der Waals surface area contributed by atoms with E-state index in [1.807, 2.05) is 21.0 Å². The normalized spacial score (nSPS) is 12.8. The first-order valence-electron chi connectivity index (χ1n) is 5.45. The van der Waals surface area contributed by atoms with Gasteiger partial charge in [-0.3, -0.25) is 9.35 Å². The lowest BCUT2D eigenvalue weighted by Crippen LogP contribution is -2.42. The number of rotatable bonds is 8. The second-order valence-corrected chi connectivity index (χ2v) is 6.24. The maximum Gasteiger partial charge on any atom is 0.265 e. The third kappa shape index (κ3) is 8.82. The molecule has 0 aromatic heterocycles. The molecule has 0 saturated carbocycles. The van der Waals surface area contributed by atoms with Crippen LogP contribution in [0.5, 0.6) is 0 Å². The van der Waals surface area contributed by atoms with Gasteiger partial charge in [-0.2, -0.15) is 8.42 Å². The van der Waals surface area contributed by atoms with Crippen molar-refractivity contribution in [2.24, 2.45) is 0 Å². The van der Waals surface area contributed by atoms with Gasteiger partial charge in [0.2, 0.25) is 0 Å². The largest absolute Gasteiger partial charge is 0.328 e. The number of hydrogen-bond donors (Lipinski definition) is 1. The van der Waals surface area contributed by atoms with Crippen molar-refractivity contribution in [2.75, 3.05) is 32.9 Å². The summed E-state index contributed by atoms with van der Waals surface area (Å²) in [6, 6.07) is 0. The van der Waals surface area contributed by atoms with Gasteiger partial charge in [-0.25, -0.2) is 0 Å². The molecule has 1 N–H and O–H groups in total. The maximum atomic E-state index is 11.1. The summed E-state index contributed by atoms with van der Waals surface area (Å²) in [6.07, 6.45) is 1.48. The molecule has 6 heteroatoms. The van der Waals surface area contributed by atoms with Crippen molar-refractivity contribution in [1.82, 2.24) is 0 Å². The summed E-state index contributed by atoms with van der Waals surface area (Å²) in [5, 5.41) is 0. The summed E-state index contributed by atoms with van der Waals surface area (Å²) < 4.78 is 30.2. The van der Waals surface area contributed by atoms with Crippen molar-refractivity contribution >= 4 is 15.9 Å². The molecular weight excluding hydrogens is 230 g/mol. The fourth-order valence-corrected chi connectivity index (χ4v) is 1.88. The minimum absolute atomic E-state index is 0.212. The van der Waals surface area contributed by atoms with Crippen molar-refractivity contribution in [1.29, 1.82) is 0 Å². The van der Waals surface area contributed by atoms with Crippen LogP contribution in [0.25, 0.3) is 0 Å². The molecule has 0 radical (unpaired) electrons. The molecular formula is C10H22NO4S+. The molecule has 0 bridgehead atoms. The van der Waals surface area contributed by atoms with Gasteiger partial charge in [-0.05, 0) is 0 Å². The van der Waals surface area contributed by atoms with Crippen LogP contribution in [-0.4, -0.2) is 56.2 Å². The fraction of sp³-hybridized carbons (Fsp3) is 0.900. The first-order chi connectivity index (χ1) is 7.16. The van der Waals surface area contributed by atoms with E-state index in [1.54, 1.807) is 0 Å². The zero-order valence-corrected chi connectivity index (χ0v) is 11.1. The molecule has 0 saturated heterocycles.